The van der Waals surface area contributed by atoms with Gasteiger partial charge in [0.05, 0.1) is 17.4 Å². The maximum Gasteiger partial charge on any atom is 0.253 e. The number of carbonyl (C=O) groups excluding carboxylic acids is 1. The van der Waals surface area contributed by atoms with Gasteiger partial charge in [0.1, 0.15) is 12.2 Å². The first-order chi connectivity index (χ1) is 8.77. The minimum Gasteiger partial charge on any atom is -0.397 e. The van der Waals surface area contributed by atoms with Gasteiger partial charge in [-0.05, 0) is 12.5 Å². The molecule has 0 atom stereocenters. The van der Waals surface area contributed by atoms with Crippen LogP contribution in [-0.2, 0) is 6.42 Å². The van der Waals surface area contributed by atoms with Gasteiger partial charge in [-0.25, -0.2) is 4.98 Å². The highest BCUT2D eigenvalue weighted by Gasteiger charge is 2.08. The summed E-state index contributed by atoms with van der Waals surface area (Å²) in [4.78, 5) is 19.6. The molecule has 0 radical (unpaired) electrons. The number of nitrogens with one attached hydrogen (secondary N) is 2. The number of aromatic nitrogens is 4. The summed E-state index contributed by atoms with van der Waals surface area (Å²) in [6, 6.07) is 1.60. The highest BCUT2D eigenvalue weighted by Crippen LogP contribution is 2.07. The number of anilines is 1. The Bertz CT molecular complexity index is 510. The number of nitrogen functional groups attached to an aromatic ring is 1. The van der Waals surface area contributed by atoms with Crippen LogP contribution < -0.4 is 11.1 Å². The molecule has 0 unspecified atom stereocenters. The van der Waals surface area contributed by atoms with Crippen molar-refractivity contribution in [2.75, 3.05) is 12.3 Å². The number of carbonyl (C=O) groups is 1. The lowest BCUT2D eigenvalue weighted by atomic mass is 10.2. The molecule has 18 heavy (non-hydrogen) atoms. The van der Waals surface area contributed by atoms with Crippen LogP contribution >= 0.6 is 0 Å². The van der Waals surface area contributed by atoms with E-state index in [0.29, 0.717) is 17.8 Å². The number of nitrogens with two attached hydrogens (primary N) is 1. The van der Waals surface area contributed by atoms with Crippen LogP contribution in [0, 0.1) is 0 Å². The molecule has 2 aromatic heterocycles. The first kappa shape index (κ1) is 12.0. The maximum atomic E-state index is 11.8. The molecule has 0 saturated carbocycles. The van der Waals surface area contributed by atoms with E-state index < -0.39 is 0 Å². The van der Waals surface area contributed by atoms with Crippen LogP contribution in [0.2, 0.25) is 0 Å². The molecular weight excluding hydrogens is 232 g/mol. The number of nitrogens with zero attached hydrogens (tertiary/aromatic N) is 3. The smallest absolute Gasteiger partial charge is 0.253 e. The summed E-state index contributed by atoms with van der Waals surface area (Å²) in [5, 5.41) is 9.31. The van der Waals surface area contributed by atoms with E-state index in [4.69, 9.17) is 5.73 Å². The number of aryl methyl sites for hydroxylation is 1. The molecule has 2 aromatic rings. The molecule has 7 heteroatoms. The van der Waals surface area contributed by atoms with Crippen molar-refractivity contribution in [1.29, 1.82) is 0 Å². The van der Waals surface area contributed by atoms with E-state index in [1.54, 1.807) is 12.3 Å². The monoisotopic (exact) mass is 246 g/mol. The summed E-state index contributed by atoms with van der Waals surface area (Å²) in [6.07, 6.45) is 5.99. The lowest BCUT2D eigenvalue weighted by Gasteiger charge is -2.06. The first-order valence-corrected chi connectivity index (χ1v) is 5.59. The number of aromatic amines is 1. The largest absolute Gasteiger partial charge is 0.397 e. The molecule has 94 valence electrons. The molecule has 0 saturated heterocycles. The van der Waals surface area contributed by atoms with Crippen LogP contribution in [0.3, 0.4) is 0 Å². The first-order valence-electron chi connectivity index (χ1n) is 5.59. The number of hydrogen-bond acceptors (Lipinski definition) is 5. The van der Waals surface area contributed by atoms with Crippen LogP contribution in [0.15, 0.2) is 24.8 Å². The lowest BCUT2D eigenvalue weighted by Crippen LogP contribution is -2.25. The van der Waals surface area contributed by atoms with Gasteiger partial charge in [-0.15, -0.1) is 0 Å². The van der Waals surface area contributed by atoms with E-state index in [0.717, 1.165) is 18.7 Å². The average molecular weight is 246 g/mol. The van der Waals surface area contributed by atoms with Gasteiger partial charge in [0.25, 0.3) is 5.91 Å². The van der Waals surface area contributed by atoms with E-state index in [1.807, 2.05) is 0 Å². The zero-order chi connectivity index (χ0) is 12.8. The summed E-state index contributed by atoms with van der Waals surface area (Å²) in [5.74, 6) is 0.625. The van der Waals surface area contributed by atoms with Crippen molar-refractivity contribution in [2.45, 2.75) is 12.8 Å². The summed E-state index contributed by atoms with van der Waals surface area (Å²) in [5.41, 5.74) is 6.48. The zero-order valence-corrected chi connectivity index (χ0v) is 9.76. The van der Waals surface area contributed by atoms with E-state index in [1.165, 1.54) is 12.5 Å². The van der Waals surface area contributed by atoms with Crippen LogP contribution in [-0.4, -0.2) is 32.6 Å². The second-order valence-corrected chi connectivity index (χ2v) is 3.75. The highest BCUT2D eigenvalue weighted by atomic mass is 16.1. The summed E-state index contributed by atoms with van der Waals surface area (Å²) >= 11 is 0. The molecule has 4 N–H and O–H groups in total. The Kier molecular flexibility index (Phi) is 3.85. The van der Waals surface area contributed by atoms with Crippen molar-refractivity contribution in [3.8, 4) is 0 Å². The quantitative estimate of drug-likeness (QED) is 0.650. The van der Waals surface area contributed by atoms with E-state index in [-0.39, 0.29) is 5.91 Å². The average Bonchev–Trinajstić information content (AvgIpc) is 2.88. The van der Waals surface area contributed by atoms with Crippen molar-refractivity contribution in [3.05, 3.63) is 36.2 Å². The number of amides is 1. The summed E-state index contributed by atoms with van der Waals surface area (Å²) < 4.78 is 0. The van der Waals surface area contributed by atoms with Crippen LogP contribution in [0.5, 0.6) is 0 Å². The normalized spacial score (nSPS) is 10.2. The Morgan fingerprint density at radius 3 is 3.11 bits per heavy atom. The fourth-order valence-corrected chi connectivity index (χ4v) is 1.52. The Morgan fingerprint density at radius 2 is 2.39 bits per heavy atom. The minimum absolute atomic E-state index is 0.188. The summed E-state index contributed by atoms with van der Waals surface area (Å²) in [6.45, 7) is 0.557. The molecule has 0 aliphatic carbocycles. The standard InChI is InChI=1S/C11H14N6O/c12-9-6-13-5-3-8(9)11(18)14-4-1-2-10-15-7-16-17-10/h3,5-7H,1-2,4,12H2,(H,14,18)(H,15,16,17). The van der Waals surface area contributed by atoms with Crippen LogP contribution in [0.4, 0.5) is 5.69 Å². The maximum absolute atomic E-state index is 11.8. The van der Waals surface area contributed by atoms with Gasteiger partial charge in [0.15, 0.2) is 0 Å². The molecule has 0 aliphatic heterocycles. The lowest BCUT2D eigenvalue weighted by molar-refractivity contribution is 0.0954. The molecule has 7 nitrogen and oxygen atoms in total. The third kappa shape index (κ3) is 3.03. The van der Waals surface area contributed by atoms with E-state index in [2.05, 4.69) is 25.5 Å². The molecule has 2 rings (SSSR count). The predicted octanol–water partition coefficient (Wildman–Crippen LogP) is 0.144. The Morgan fingerprint density at radius 1 is 1.50 bits per heavy atom. The van der Waals surface area contributed by atoms with Gasteiger partial charge >= 0.3 is 0 Å². The SMILES string of the molecule is Nc1cnccc1C(=O)NCCCc1ncn[nH]1. The third-order valence-electron chi connectivity index (χ3n) is 2.44. The van der Waals surface area contributed by atoms with Crippen molar-refractivity contribution >= 4 is 11.6 Å². The molecule has 1 amide bonds. The van der Waals surface area contributed by atoms with Gasteiger partial charge in [-0.2, -0.15) is 5.10 Å². The zero-order valence-electron chi connectivity index (χ0n) is 9.76. The minimum atomic E-state index is -0.188. The van der Waals surface area contributed by atoms with Crippen LogP contribution in [0.1, 0.15) is 22.6 Å². The van der Waals surface area contributed by atoms with Crippen molar-refractivity contribution in [3.63, 3.8) is 0 Å². The number of hydrogen-bond donors (Lipinski definition) is 3. The third-order valence-corrected chi connectivity index (χ3v) is 2.44. The van der Waals surface area contributed by atoms with E-state index in [9.17, 15) is 4.79 Å². The van der Waals surface area contributed by atoms with Gasteiger partial charge in [-0.1, -0.05) is 0 Å². The van der Waals surface area contributed by atoms with Crippen molar-refractivity contribution in [2.24, 2.45) is 0 Å². The number of H-pyrrole nitrogens is 1. The second kappa shape index (κ2) is 5.76. The van der Waals surface area contributed by atoms with Crippen molar-refractivity contribution in [1.82, 2.24) is 25.5 Å². The molecule has 0 fully saturated rings. The van der Waals surface area contributed by atoms with Crippen molar-refractivity contribution < 1.29 is 4.79 Å². The molecule has 0 aliphatic rings. The fraction of sp³-hybridized carbons (Fsp3) is 0.273. The van der Waals surface area contributed by atoms with E-state index >= 15 is 0 Å². The van der Waals surface area contributed by atoms with Gasteiger partial charge in [0.2, 0.25) is 0 Å². The Balaban J connectivity index is 1.77. The molecule has 0 spiro atoms. The van der Waals surface area contributed by atoms with Gasteiger partial charge in [0, 0.05) is 19.2 Å². The molecule has 0 bridgehead atoms. The number of pyridine rings is 1. The molecule has 2 heterocycles. The molecular formula is C11H14N6O. The Hall–Kier alpha value is -2.44. The highest BCUT2D eigenvalue weighted by molar-refractivity contribution is 5.98. The Labute approximate surface area is 104 Å². The predicted molar refractivity (Wildman–Crippen MR) is 65.7 cm³/mol. The van der Waals surface area contributed by atoms with Gasteiger partial charge in [-0.3, -0.25) is 14.9 Å². The summed E-state index contributed by atoms with van der Waals surface area (Å²) in [7, 11) is 0. The molecule has 0 aromatic carbocycles. The topological polar surface area (TPSA) is 110 Å². The van der Waals surface area contributed by atoms with Gasteiger partial charge < -0.3 is 11.1 Å². The van der Waals surface area contributed by atoms with Crippen LogP contribution in [0.25, 0.3) is 0 Å². The fourth-order valence-electron chi connectivity index (χ4n) is 1.52. The second-order valence-electron chi connectivity index (χ2n) is 3.75. The number of rotatable bonds is 5.